The molecule has 5 rings (SSSR count). The quantitative estimate of drug-likeness (QED) is 0.316. The van der Waals surface area contributed by atoms with Crippen LogP contribution in [-0.4, -0.2) is 34.7 Å². The number of carbonyl (C=O) groups is 1. The molecule has 2 heterocycles. The lowest BCUT2D eigenvalue weighted by atomic mass is 9.99. The van der Waals surface area contributed by atoms with Crippen LogP contribution in [0.5, 0.6) is 0 Å². The lowest BCUT2D eigenvalue weighted by Gasteiger charge is -2.32. The third kappa shape index (κ3) is 5.36. The fourth-order valence-electron chi connectivity index (χ4n) is 5.37. The molecular formula is C28H29ClF6N4O. The Morgan fingerprint density at radius 1 is 1.10 bits per heavy atom. The molecule has 5 nitrogen and oxygen atoms in total. The Morgan fingerprint density at radius 2 is 1.77 bits per heavy atom. The maximum Gasteiger partial charge on any atom is 0.416 e. The Bertz CT molecular complexity index is 1440. The number of benzene rings is 2. The number of amides is 1. The van der Waals surface area contributed by atoms with E-state index in [0.29, 0.717) is 22.3 Å². The van der Waals surface area contributed by atoms with Crippen molar-refractivity contribution in [2.24, 2.45) is 18.4 Å². The summed E-state index contributed by atoms with van der Waals surface area (Å²) in [4.78, 5) is 19.0. The van der Waals surface area contributed by atoms with Gasteiger partial charge in [0.25, 0.3) is 0 Å². The van der Waals surface area contributed by atoms with Gasteiger partial charge in [0, 0.05) is 33.1 Å². The molecule has 3 aromatic rings. The topological polar surface area (TPSA) is 50.2 Å². The molecule has 1 amide bonds. The molecule has 40 heavy (non-hydrogen) atoms. The second kappa shape index (κ2) is 10.2. The lowest BCUT2D eigenvalue weighted by molar-refractivity contribution is -0.192. The van der Waals surface area contributed by atoms with Crippen molar-refractivity contribution in [2.75, 3.05) is 18.0 Å². The van der Waals surface area contributed by atoms with Crippen LogP contribution in [0.3, 0.4) is 0 Å². The molecule has 2 aromatic carbocycles. The number of nitrogens with zero attached hydrogens (tertiary/aromatic N) is 3. The van der Waals surface area contributed by atoms with E-state index in [1.165, 1.54) is 12.1 Å². The number of fused-ring (bicyclic) bond motifs is 1. The van der Waals surface area contributed by atoms with Crippen LogP contribution >= 0.6 is 11.6 Å². The minimum atomic E-state index is -4.67. The smallest absolute Gasteiger partial charge is 0.370 e. The highest BCUT2D eigenvalue weighted by atomic mass is 35.5. The average molecular weight is 587 g/mol. The van der Waals surface area contributed by atoms with E-state index >= 15 is 0 Å². The van der Waals surface area contributed by atoms with Crippen LogP contribution in [-0.2, 0) is 31.0 Å². The Labute approximate surface area is 232 Å². The Kier molecular flexibility index (Phi) is 7.25. The molecule has 2 aliphatic rings. The van der Waals surface area contributed by atoms with E-state index in [0.717, 1.165) is 43.2 Å². The number of aromatic nitrogens is 2. The van der Waals surface area contributed by atoms with Gasteiger partial charge in [-0.15, -0.1) is 0 Å². The number of hydrogen-bond acceptors (Lipinski definition) is 3. The molecule has 0 radical (unpaired) electrons. The summed E-state index contributed by atoms with van der Waals surface area (Å²) in [7, 11) is 1.73. The first-order chi connectivity index (χ1) is 18.7. The van der Waals surface area contributed by atoms with E-state index in [-0.39, 0.29) is 36.9 Å². The van der Waals surface area contributed by atoms with Gasteiger partial charge in [0.05, 0.1) is 27.3 Å². The molecule has 0 spiro atoms. The molecule has 2 fully saturated rings. The first-order valence-corrected chi connectivity index (χ1v) is 13.5. The fourth-order valence-corrected chi connectivity index (χ4v) is 5.64. The summed E-state index contributed by atoms with van der Waals surface area (Å²) in [6.07, 6.45) is -8.01. The SMILES string of the molecule is CC1CCN(c2cc3c(cc2Cl)nc(Cc2cc(CNC(=O)C4(C(F)(F)F)CC4)ccc2C(F)(F)F)n3C)CC1. The number of carbonyl (C=O) groups excluding carboxylic acids is 1. The van der Waals surface area contributed by atoms with E-state index < -0.39 is 29.2 Å². The number of imidazole rings is 1. The molecule has 0 bridgehead atoms. The van der Waals surface area contributed by atoms with Crippen LogP contribution in [0.15, 0.2) is 30.3 Å². The van der Waals surface area contributed by atoms with Crippen LogP contribution in [0, 0.1) is 11.3 Å². The number of rotatable bonds is 6. The minimum absolute atomic E-state index is 0.0917. The van der Waals surface area contributed by atoms with Crippen LogP contribution in [0.25, 0.3) is 11.0 Å². The molecule has 216 valence electrons. The third-order valence-electron chi connectivity index (χ3n) is 8.17. The van der Waals surface area contributed by atoms with E-state index in [2.05, 4.69) is 22.1 Å². The first-order valence-electron chi connectivity index (χ1n) is 13.1. The lowest BCUT2D eigenvalue weighted by Crippen LogP contribution is -2.40. The predicted molar refractivity (Wildman–Crippen MR) is 140 cm³/mol. The fraction of sp³-hybridized carbons (Fsp3) is 0.500. The van der Waals surface area contributed by atoms with Crippen molar-refractivity contribution in [1.29, 1.82) is 0 Å². The van der Waals surface area contributed by atoms with Gasteiger partial charge in [0.15, 0.2) is 0 Å². The van der Waals surface area contributed by atoms with Gasteiger partial charge in [-0.25, -0.2) is 4.98 Å². The van der Waals surface area contributed by atoms with Crippen molar-refractivity contribution in [1.82, 2.24) is 14.9 Å². The summed E-state index contributed by atoms with van der Waals surface area (Å²) in [5.41, 5.74) is -0.964. The highest BCUT2D eigenvalue weighted by molar-refractivity contribution is 6.34. The highest BCUT2D eigenvalue weighted by Crippen LogP contribution is 2.57. The van der Waals surface area contributed by atoms with Crippen LogP contribution in [0.2, 0.25) is 5.02 Å². The van der Waals surface area contributed by atoms with E-state index in [1.54, 1.807) is 17.7 Å². The number of piperidine rings is 1. The van der Waals surface area contributed by atoms with E-state index in [4.69, 9.17) is 11.6 Å². The molecule has 1 aliphatic carbocycles. The monoisotopic (exact) mass is 586 g/mol. The molecule has 1 saturated heterocycles. The summed E-state index contributed by atoms with van der Waals surface area (Å²) in [6, 6.07) is 6.96. The zero-order chi connectivity index (χ0) is 29.0. The number of halogens is 7. The summed E-state index contributed by atoms with van der Waals surface area (Å²) < 4.78 is 83.2. The molecular weight excluding hydrogens is 558 g/mol. The summed E-state index contributed by atoms with van der Waals surface area (Å²) >= 11 is 6.58. The molecule has 0 atom stereocenters. The van der Waals surface area contributed by atoms with Crippen molar-refractivity contribution in [2.45, 2.75) is 57.9 Å². The highest BCUT2D eigenvalue weighted by Gasteiger charge is 2.68. The summed E-state index contributed by atoms with van der Waals surface area (Å²) in [6.45, 7) is 3.61. The summed E-state index contributed by atoms with van der Waals surface area (Å²) in [5, 5.41) is 2.78. The van der Waals surface area contributed by atoms with Gasteiger partial charge in [-0.2, -0.15) is 26.3 Å². The van der Waals surface area contributed by atoms with Gasteiger partial charge in [0.1, 0.15) is 11.2 Å². The number of hydrogen-bond donors (Lipinski definition) is 1. The molecule has 0 unspecified atom stereocenters. The predicted octanol–water partition coefficient (Wildman–Crippen LogP) is 7.03. The van der Waals surface area contributed by atoms with Crippen LogP contribution in [0.1, 0.15) is 55.1 Å². The number of aryl methyl sites for hydroxylation is 1. The number of alkyl halides is 6. The first kappa shape index (κ1) is 28.6. The second-order valence-corrected chi connectivity index (χ2v) is 11.4. The van der Waals surface area contributed by atoms with Crippen molar-refractivity contribution in [3.05, 3.63) is 57.9 Å². The number of anilines is 1. The molecule has 12 heteroatoms. The summed E-state index contributed by atoms with van der Waals surface area (Å²) in [5.74, 6) is -0.155. The second-order valence-electron chi connectivity index (χ2n) is 11.0. The van der Waals surface area contributed by atoms with Gasteiger partial charge in [0.2, 0.25) is 5.91 Å². The van der Waals surface area contributed by atoms with E-state index in [1.807, 2.05) is 6.07 Å². The molecule has 1 aromatic heterocycles. The maximum absolute atomic E-state index is 13.9. The van der Waals surface area contributed by atoms with Crippen LogP contribution in [0.4, 0.5) is 32.0 Å². The average Bonchev–Trinajstić information content (AvgIpc) is 3.64. The van der Waals surface area contributed by atoms with Crippen molar-refractivity contribution >= 4 is 34.2 Å². The Balaban J connectivity index is 1.42. The largest absolute Gasteiger partial charge is 0.416 e. The third-order valence-corrected chi connectivity index (χ3v) is 8.47. The number of nitrogens with one attached hydrogen (secondary N) is 1. The Hall–Kier alpha value is -2.95. The molecule has 1 N–H and O–H groups in total. The van der Waals surface area contributed by atoms with Crippen LogP contribution < -0.4 is 10.2 Å². The van der Waals surface area contributed by atoms with Gasteiger partial charge in [-0.05, 0) is 60.9 Å². The standard InChI is InChI=1S/C28H29ClF6N4O/c1-16-5-9-39(10-6-16)22-14-23-21(13-20(22)29)37-24(38(23)2)12-18-11-17(3-4-19(18)27(30,31)32)15-36-25(40)26(7-8-26)28(33,34)35/h3-4,11,13-14,16H,5-10,12,15H2,1-2H3,(H,36,40). The minimum Gasteiger partial charge on any atom is -0.370 e. The normalized spacial score (nSPS) is 17.9. The van der Waals surface area contributed by atoms with Crippen molar-refractivity contribution in [3.63, 3.8) is 0 Å². The van der Waals surface area contributed by atoms with Crippen molar-refractivity contribution < 1.29 is 31.1 Å². The zero-order valence-electron chi connectivity index (χ0n) is 22.0. The van der Waals surface area contributed by atoms with Gasteiger partial charge < -0.3 is 14.8 Å². The molecule has 1 saturated carbocycles. The molecule has 1 aliphatic heterocycles. The maximum atomic E-state index is 13.9. The van der Waals surface area contributed by atoms with Crippen molar-refractivity contribution in [3.8, 4) is 0 Å². The van der Waals surface area contributed by atoms with E-state index in [9.17, 15) is 31.1 Å². The van der Waals surface area contributed by atoms with Gasteiger partial charge in [-0.3, -0.25) is 4.79 Å². The zero-order valence-corrected chi connectivity index (χ0v) is 22.8. The van der Waals surface area contributed by atoms with Gasteiger partial charge >= 0.3 is 12.4 Å². The van der Waals surface area contributed by atoms with Gasteiger partial charge in [-0.1, -0.05) is 30.7 Å². The Morgan fingerprint density at radius 3 is 2.38 bits per heavy atom.